The molecule has 104 valence electrons. The van der Waals surface area contributed by atoms with Gasteiger partial charge in [-0.2, -0.15) is 0 Å². The van der Waals surface area contributed by atoms with Gasteiger partial charge in [0.05, 0.1) is 6.61 Å². The third-order valence-corrected chi connectivity index (χ3v) is 3.04. The fourth-order valence-electron chi connectivity index (χ4n) is 1.90. The van der Waals surface area contributed by atoms with Crippen LogP contribution in [0.5, 0.6) is 5.75 Å². The van der Waals surface area contributed by atoms with Gasteiger partial charge in [-0.25, -0.2) is 0 Å². The van der Waals surface area contributed by atoms with E-state index in [0.29, 0.717) is 17.9 Å². The van der Waals surface area contributed by atoms with E-state index in [2.05, 4.69) is 5.32 Å². The average Bonchev–Trinajstić information content (AvgIpc) is 2.44. The Morgan fingerprint density at radius 1 is 1.20 bits per heavy atom. The number of amides is 1. The van der Waals surface area contributed by atoms with Gasteiger partial charge in [-0.05, 0) is 55.8 Å². The number of anilines is 2. The predicted molar refractivity (Wildman–Crippen MR) is 81.2 cm³/mol. The molecule has 2 rings (SSSR count). The second-order valence-electron chi connectivity index (χ2n) is 4.43. The molecule has 0 aliphatic rings. The van der Waals surface area contributed by atoms with E-state index in [4.69, 9.17) is 10.5 Å². The molecule has 0 fully saturated rings. The summed E-state index contributed by atoms with van der Waals surface area (Å²) in [5, 5.41) is 2.85. The van der Waals surface area contributed by atoms with Crippen LogP contribution in [0, 0.1) is 6.92 Å². The molecule has 0 heterocycles. The Hall–Kier alpha value is -2.49. The lowest BCUT2D eigenvalue weighted by Gasteiger charge is -2.10. The fraction of sp³-hybridized carbons (Fsp3) is 0.188. The first kappa shape index (κ1) is 13.9. The molecule has 0 aromatic heterocycles. The smallest absolute Gasteiger partial charge is 0.256 e. The first-order valence-electron chi connectivity index (χ1n) is 6.51. The van der Waals surface area contributed by atoms with E-state index in [1.54, 1.807) is 18.2 Å². The molecule has 0 saturated carbocycles. The molecule has 4 heteroatoms. The third kappa shape index (κ3) is 3.09. The number of hydrogen-bond acceptors (Lipinski definition) is 3. The van der Waals surface area contributed by atoms with E-state index in [0.717, 1.165) is 17.0 Å². The average molecular weight is 270 g/mol. The monoisotopic (exact) mass is 270 g/mol. The first-order chi connectivity index (χ1) is 9.61. The van der Waals surface area contributed by atoms with Crippen molar-refractivity contribution in [3.05, 3.63) is 53.6 Å². The van der Waals surface area contributed by atoms with Crippen LogP contribution in [0.1, 0.15) is 22.8 Å². The minimum absolute atomic E-state index is 0.168. The molecule has 3 N–H and O–H groups in total. The van der Waals surface area contributed by atoms with Crippen molar-refractivity contribution in [1.29, 1.82) is 0 Å². The summed E-state index contributed by atoms with van der Waals surface area (Å²) in [6, 6.07) is 12.6. The number of hydrogen-bond donors (Lipinski definition) is 2. The summed E-state index contributed by atoms with van der Waals surface area (Å²) in [6.45, 7) is 4.38. The van der Waals surface area contributed by atoms with Crippen molar-refractivity contribution < 1.29 is 9.53 Å². The number of carbonyl (C=O) groups excluding carboxylic acids is 1. The Morgan fingerprint density at radius 3 is 2.55 bits per heavy atom. The van der Waals surface area contributed by atoms with E-state index in [1.165, 1.54) is 0 Å². The Labute approximate surface area is 118 Å². The van der Waals surface area contributed by atoms with Gasteiger partial charge in [0.15, 0.2) is 0 Å². The summed E-state index contributed by atoms with van der Waals surface area (Å²) < 4.78 is 5.36. The van der Waals surface area contributed by atoms with Gasteiger partial charge >= 0.3 is 0 Å². The number of rotatable bonds is 4. The molecule has 0 aliphatic heterocycles. The Kier molecular flexibility index (Phi) is 4.25. The van der Waals surface area contributed by atoms with E-state index >= 15 is 0 Å². The number of nitrogens with one attached hydrogen (secondary N) is 1. The summed E-state index contributed by atoms with van der Waals surface area (Å²) in [5.41, 5.74) is 8.52. The van der Waals surface area contributed by atoms with Crippen LogP contribution in [0.25, 0.3) is 0 Å². The van der Waals surface area contributed by atoms with Gasteiger partial charge in [0.25, 0.3) is 5.91 Å². The van der Waals surface area contributed by atoms with Crippen molar-refractivity contribution >= 4 is 17.3 Å². The zero-order valence-electron chi connectivity index (χ0n) is 11.6. The highest BCUT2D eigenvalue weighted by Crippen LogP contribution is 2.19. The highest BCUT2D eigenvalue weighted by molar-refractivity contribution is 6.06. The van der Waals surface area contributed by atoms with Crippen LogP contribution in [-0.4, -0.2) is 12.5 Å². The number of benzene rings is 2. The van der Waals surface area contributed by atoms with Crippen molar-refractivity contribution in [1.82, 2.24) is 0 Å². The summed E-state index contributed by atoms with van der Waals surface area (Å²) in [4.78, 5) is 12.2. The summed E-state index contributed by atoms with van der Waals surface area (Å²) in [6.07, 6.45) is 0. The lowest BCUT2D eigenvalue weighted by molar-refractivity contribution is 0.102. The first-order valence-corrected chi connectivity index (χ1v) is 6.51. The van der Waals surface area contributed by atoms with E-state index in [1.807, 2.05) is 38.1 Å². The van der Waals surface area contributed by atoms with Gasteiger partial charge in [0.1, 0.15) is 5.75 Å². The van der Waals surface area contributed by atoms with Crippen LogP contribution in [-0.2, 0) is 0 Å². The van der Waals surface area contributed by atoms with Gasteiger partial charge in [0, 0.05) is 16.9 Å². The zero-order valence-corrected chi connectivity index (χ0v) is 11.6. The zero-order chi connectivity index (χ0) is 14.5. The molecule has 0 atom stereocenters. The van der Waals surface area contributed by atoms with Crippen molar-refractivity contribution in [2.45, 2.75) is 13.8 Å². The highest BCUT2D eigenvalue weighted by atomic mass is 16.5. The summed E-state index contributed by atoms with van der Waals surface area (Å²) in [7, 11) is 0. The van der Waals surface area contributed by atoms with Gasteiger partial charge in [-0.1, -0.05) is 6.07 Å². The van der Waals surface area contributed by atoms with Crippen molar-refractivity contribution in [2.75, 3.05) is 17.7 Å². The lowest BCUT2D eigenvalue weighted by Crippen LogP contribution is -2.14. The molecule has 0 saturated heterocycles. The van der Waals surface area contributed by atoms with Gasteiger partial charge < -0.3 is 15.8 Å². The molecule has 20 heavy (non-hydrogen) atoms. The fourth-order valence-corrected chi connectivity index (χ4v) is 1.90. The number of nitrogens with two attached hydrogens (primary N) is 1. The van der Waals surface area contributed by atoms with Crippen LogP contribution in [0.3, 0.4) is 0 Å². The predicted octanol–water partition coefficient (Wildman–Crippen LogP) is 3.23. The maximum absolute atomic E-state index is 12.2. The second-order valence-corrected chi connectivity index (χ2v) is 4.43. The molecule has 0 spiro atoms. The van der Waals surface area contributed by atoms with Crippen LogP contribution >= 0.6 is 0 Å². The number of carbonyl (C=O) groups is 1. The standard InChI is InChI=1S/C16H18N2O2/c1-3-20-13-9-7-12(8-10-13)18-16(19)14-5-4-6-15(17)11(14)2/h4-10H,3,17H2,1-2H3,(H,18,19). The quantitative estimate of drug-likeness (QED) is 0.838. The molecule has 2 aromatic rings. The van der Waals surface area contributed by atoms with Crippen LogP contribution in [0.4, 0.5) is 11.4 Å². The SMILES string of the molecule is CCOc1ccc(NC(=O)c2cccc(N)c2C)cc1. The Balaban J connectivity index is 2.13. The summed E-state index contributed by atoms with van der Waals surface area (Å²) >= 11 is 0. The van der Waals surface area contributed by atoms with Crippen molar-refractivity contribution in [3.8, 4) is 5.75 Å². The molecule has 0 bridgehead atoms. The molecular weight excluding hydrogens is 252 g/mol. The topological polar surface area (TPSA) is 64.3 Å². The Bertz CT molecular complexity index is 606. The summed E-state index contributed by atoms with van der Waals surface area (Å²) in [5.74, 6) is 0.615. The molecule has 0 radical (unpaired) electrons. The van der Waals surface area contributed by atoms with E-state index < -0.39 is 0 Å². The van der Waals surface area contributed by atoms with Crippen molar-refractivity contribution in [2.24, 2.45) is 0 Å². The molecule has 4 nitrogen and oxygen atoms in total. The largest absolute Gasteiger partial charge is 0.494 e. The number of nitrogen functional groups attached to an aromatic ring is 1. The maximum Gasteiger partial charge on any atom is 0.256 e. The van der Waals surface area contributed by atoms with Gasteiger partial charge in [-0.3, -0.25) is 4.79 Å². The second kappa shape index (κ2) is 6.10. The lowest BCUT2D eigenvalue weighted by atomic mass is 10.1. The molecule has 1 amide bonds. The van der Waals surface area contributed by atoms with Crippen LogP contribution in [0.2, 0.25) is 0 Å². The van der Waals surface area contributed by atoms with Crippen LogP contribution < -0.4 is 15.8 Å². The van der Waals surface area contributed by atoms with Gasteiger partial charge in [0.2, 0.25) is 0 Å². The molecule has 2 aromatic carbocycles. The minimum Gasteiger partial charge on any atom is -0.494 e. The molecule has 0 unspecified atom stereocenters. The van der Waals surface area contributed by atoms with E-state index in [-0.39, 0.29) is 5.91 Å². The number of ether oxygens (including phenoxy) is 1. The van der Waals surface area contributed by atoms with Crippen LogP contribution in [0.15, 0.2) is 42.5 Å². The highest BCUT2D eigenvalue weighted by Gasteiger charge is 2.10. The van der Waals surface area contributed by atoms with E-state index in [9.17, 15) is 4.79 Å². The maximum atomic E-state index is 12.2. The Morgan fingerprint density at radius 2 is 1.90 bits per heavy atom. The molecule has 0 aliphatic carbocycles. The van der Waals surface area contributed by atoms with Crippen molar-refractivity contribution in [3.63, 3.8) is 0 Å². The third-order valence-electron chi connectivity index (χ3n) is 3.04. The minimum atomic E-state index is -0.168. The molecular formula is C16H18N2O2. The normalized spacial score (nSPS) is 10.1. The van der Waals surface area contributed by atoms with Gasteiger partial charge in [-0.15, -0.1) is 0 Å².